The van der Waals surface area contributed by atoms with Gasteiger partial charge in [0.05, 0.1) is 18.6 Å². The molecule has 0 fully saturated rings. The number of hydrogen-bond acceptors (Lipinski definition) is 4. The summed E-state index contributed by atoms with van der Waals surface area (Å²) in [5, 5.41) is 15.9. The number of aryl methyl sites for hydroxylation is 1. The fraction of sp³-hybridized carbons (Fsp3) is 0.190. The molecule has 3 aromatic rings. The minimum atomic E-state index is -1.11. The van der Waals surface area contributed by atoms with Crippen LogP contribution in [0, 0.1) is 6.92 Å². The Labute approximate surface area is 187 Å². The lowest BCUT2D eigenvalue weighted by atomic mass is 10.1. The summed E-state index contributed by atoms with van der Waals surface area (Å²) in [7, 11) is 0. The summed E-state index contributed by atoms with van der Waals surface area (Å²) < 4.78 is 0.695. The minimum absolute atomic E-state index is 0.149. The molecule has 9 heteroatoms. The van der Waals surface area contributed by atoms with Crippen LogP contribution in [0.5, 0.6) is 0 Å². The van der Waals surface area contributed by atoms with Gasteiger partial charge in [-0.25, -0.2) is 9.78 Å². The van der Waals surface area contributed by atoms with Gasteiger partial charge in [0.15, 0.2) is 0 Å². The second-order valence-corrected chi connectivity index (χ2v) is 8.10. The number of rotatable bonds is 8. The van der Waals surface area contributed by atoms with Crippen LogP contribution in [0.4, 0.5) is 5.69 Å². The van der Waals surface area contributed by atoms with Gasteiger partial charge in [-0.15, -0.1) is 0 Å². The fourth-order valence-electron chi connectivity index (χ4n) is 2.87. The summed E-state index contributed by atoms with van der Waals surface area (Å²) in [4.78, 5) is 31.6. The first-order chi connectivity index (χ1) is 14.3. The fourth-order valence-corrected chi connectivity index (χ4v) is 3.49. The highest BCUT2D eigenvalue weighted by Crippen LogP contribution is 2.21. The number of H-pyrrole nitrogens is 1. The van der Waals surface area contributed by atoms with E-state index in [4.69, 9.17) is 11.6 Å². The predicted molar refractivity (Wildman–Crippen MR) is 119 cm³/mol. The van der Waals surface area contributed by atoms with Crippen LogP contribution in [0.3, 0.4) is 0 Å². The number of carboxylic acid groups (broad SMARTS) is 1. The molecule has 2 aromatic carbocycles. The second kappa shape index (κ2) is 9.77. The molecule has 0 aliphatic carbocycles. The average molecular weight is 492 g/mol. The van der Waals surface area contributed by atoms with E-state index in [1.807, 2.05) is 13.0 Å². The topological polar surface area (TPSA) is 107 Å². The number of carbonyl (C=O) groups is 2. The summed E-state index contributed by atoms with van der Waals surface area (Å²) in [6, 6.07) is 10.9. The standard InChI is InChI=1S/C21H20BrClN4O3/c1-12-19(26-11-25-12)10-24-17-8-14(7-15(22)9-17)20(28)27-18(21(29)30)6-13-2-4-16(23)5-3-13/h2-5,7-9,11,18,24H,6,10H2,1H3,(H,25,26)(H,27,28)(H,29,30)/t18-/m1/s1. The number of nitrogens with one attached hydrogen (secondary N) is 3. The van der Waals surface area contributed by atoms with Gasteiger partial charge in [-0.05, 0) is 42.8 Å². The summed E-state index contributed by atoms with van der Waals surface area (Å²) in [6.07, 6.45) is 1.77. The van der Waals surface area contributed by atoms with Crippen LogP contribution in [0.1, 0.15) is 27.3 Å². The zero-order valence-electron chi connectivity index (χ0n) is 16.1. The van der Waals surface area contributed by atoms with Crippen LogP contribution in [0.25, 0.3) is 0 Å². The van der Waals surface area contributed by atoms with Crippen molar-refractivity contribution >= 4 is 45.1 Å². The third-order valence-electron chi connectivity index (χ3n) is 4.51. The number of imidazole rings is 1. The highest BCUT2D eigenvalue weighted by Gasteiger charge is 2.21. The van der Waals surface area contributed by atoms with Crippen molar-refractivity contribution in [2.45, 2.75) is 25.9 Å². The Balaban J connectivity index is 1.71. The van der Waals surface area contributed by atoms with Crippen LogP contribution in [0.15, 0.2) is 53.3 Å². The van der Waals surface area contributed by atoms with Crippen molar-refractivity contribution in [1.29, 1.82) is 0 Å². The zero-order valence-corrected chi connectivity index (χ0v) is 18.4. The summed E-state index contributed by atoms with van der Waals surface area (Å²) in [5.74, 6) is -1.59. The lowest BCUT2D eigenvalue weighted by molar-refractivity contribution is -0.139. The third-order valence-corrected chi connectivity index (χ3v) is 5.22. The van der Waals surface area contributed by atoms with Gasteiger partial charge in [-0.3, -0.25) is 4.79 Å². The Kier molecular flexibility index (Phi) is 7.12. The van der Waals surface area contributed by atoms with Crippen LogP contribution >= 0.6 is 27.5 Å². The van der Waals surface area contributed by atoms with E-state index in [0.29, 0.717) is 27.3 Å². The number of aromatic nitrogens is 2. The molecule has 3 rings (SSSR count). The molecule has 0 aliphatic heterocycles. The third kappa shape index (κ3) is 5.84. The van der Waals surface area contributed by atoms with E-state index in [9.17, 15) is 14.7 Å². The highest BCUT2D eigenvalue weighted by atomic mass is 79.9. The van der Waals surface area contributed by atoms with E-state index < -0.39 is 17.9 Å². The number of amides is 1. The number of anilines is 1. The van der Waals surface area contributed by atoms with Crippen LogP contribution in [0.2, 0.25) is 5.02 Å². The maximum Gasteiger partial charge on any atom is 0.326 e. The quantitative estimate of drug-likeness (QED) is 0.378. The summed E-state index contributed by atoms with van der Waals surface area (Å²) in [5.41, 5.74) is 3.64. The highest BCUT2D eigenvalue weighted by molar-refractivity contribution is 9.10. The molecular weight excluding hydrogens is 472 g/mol. The molecule has 30 heavy (non-hydrogen) atoms. The van der Waals surface area contributed by atoms with Crippen molar-refractivity contribution < 1.29 is 14.7 Å². The monoisotopic (exact) mass is 490 g/mol. The van der Waals surface area contributed by atoms with Crippen molar-refractivity contribution in [3.63, 3.8) is 0 Å². The van der Waals surface area contributed by atoms with Gasteiger partial charge in [0.1, 0.15) is 6.04 Å². The maximum atomic E-state index is 12.7. The maximum absolute atomic E-state index is 12.7. The largest absolute Gasteiger partial charge is 0.480 e. The molecular formula is C21H20BrClN4O3. The zero-order chi connectivity index (χ0) is 21.7. The normalized spacial score (nSPS) is 11.7. The molecule has 0 spiro atoms. The van der Waals surface area contributed by atoms with Crippen molar-refractivity contribution in [2.24, 2.45) is 0 Å². The lowest BCUT2D eigenvalue weighted by Gasteiger charge is -2.16. The van der Waals surface area contributed by atoms with Gasteiger partial charge in [-0.2, -0.15) is 0 Å². The molecule has 0 saturated heterocycles. The molecule has 0 saturated carbocycles. The van der Waals surface area contributed by atoms with Gasteiger partial charge < -0.3 is 20.7 Å². The SMILES string of the molecule is Cc1[nH]cnc1CNc1cc(Br)cc(C(=O)N[C@H](Cc2ccc(Cl)cc2)C(=O)O)c1. The number of aromatic amines is 1. The van der Waals surface area contributed by atoms with Gasteiger partial charge in [0, 0.05) is 32.9 Å². The second-order valence-electron chi connectivity index (χ2n) is 6.75. The minimum Gasteiger partial charge on any atom is -0.480 e. The number of nitrogens with zero attached hydrogens (tertiary/aromatic N) is 1. The number of carboxylic acids is 1. The van der Waals surface area contributed by atoms with Gasteiger partial charge in [0.2, 0.25) is 0 Å². The molecule has 1 atom stereocenters. The lowest BCUT2D eigenvalue weighted by Crippen LogP contribution is -2.42. The number of benzene rings is 2. The van der Waals surface area contributed by atoms with Crippen molar-refractivity contribution in [3.8, 4) is 0 Å². The van der Waals surface area contributed by atoms with Crippen LogP contribution < -0.4 is 10.6 Å². The number of hydrogen-bond donors (Lipinski definition) is 4. The van der Waals surface area contributed by atoms with E-state index in [0.717, 1.165) is 17.0 Å². The first kappa shape index (κ1) is 21.9. The number of carbonyl (C=O) groups excluding carboxylic acids is 1. The molecule has 0 radical (unpaired) electrons. The Morgan fingerprint density at radius 3 is 2.60 bits per heavy atom. The van der Waals surface area contributed by atoms with E-state index >= 15 is 0 Å². The molecule has 0 bridgehead atoms. The molecule has 7 nitrogen and oxygen atoms in total. The van der Waals surface area contributed by atoms with Crippen LogP contribution in [-0.2, 0) is 17.8 Å². The van der Waals surface area contributed by atoms with E-state index in [-0.39, 0.29) is 6.42 Å². The van der Waals surface area contributed by atoms with E-state index in [1.165, 1.54) is 0 Å². The van der Waals surface area contributed by atoms with Crippen LogP contribution in [-0.4, -0.2) is 33.0 Å². The van der Waals surface area contributed by atoms with E-state index in [1.54, 1.807) is 42.7 Å². The first-order valence-corrected chi connectivity index (χ1v) is 10.3. The van der Waals surface area contributed by atoms with Crippen molar-refractivity contribution in [3.05, 3.63) is 80.8 Å². The predicted octanol–water partition coefficient (Wildman–Crippen LogP) is 4.17. The van der Waals surface area contributed by atoms with Gasteiger partial charge in [0.25, 0.3) is 5.91 Å². The smallest absolute Gasteiger partial charge is 0.326 e. The molecule has 0 unspecified atom stereocenters. The molecule has 1 heterocycles. The molecule has 1 aromatic heterocycles. The van der Waals surface area contributed by atoms with Crippen molar-refractivity contribution in [1.82, 2.24) is 15.3 Å². The van der Waals surface area contributed by atoms with Crippen molar-refractivity contribution in [2.75, 3.05) is 5.32 Å². The number of halogens is 2. The molecule has 1 amide bonds. The van der Waals surface area contributed by atoms with E-state index in [2.05, 4.69) is 36.5 Å². The molecule has 4 N–H and O–H groups in total. The Morgan fingerprint density at radius 1 is 1.23 bits per heavy atom. The Morgan fingerprint density at radius 2 is 1.97 bits per heavy atom. The van der Waals surface area contributed by atoms with Gasteiger partial charge in [-0.1, -0.05) is 39.7 Å². The first-order valence-electron chi connectivity index (χ1n) is 9.13. The molecule has 0 aliphatic rings. The Hall–Kier alpha value is -2.84. The summed E-state index contributed by atoms with van der Waals surface area (Å²) >= 11 is 9.27. The Bertz CT molecular complexity index is 1050. The summed E-state index contributed by atoms with van der Waals surface area (Å²) in [6.45, 7) is 2.41. The molecule has 156 valence electrons. The van der Waals surface area contributed by atoms with Gasteiger partial charge >= 0.3 is 5.97 Å². The number of aliphatic carboxylic acids is 1. The average Bonchev–Trinajstić information content (AvgIpc) is 3.11.